The number of sulfone groups is 1. The predicted octanol–water partition coefficient (Wildman–Crippen LogP) is 1.86. The van der Waals surface area contributed by atoms with E-state index in [1.54, 1.807) is 0 Å². The number of rotatable bonds is 5. The van der Waals surface area contributed by atoms with Gasteiger partial charge in [0, 0.05) is 12.6 Å². The smallest absolute Gasteiger partial charge is 0.157 e. The summed E-state index contributed by atoms with van der Waals surface area (Å²) < 4.78 is 31.2. The largest absolute Gasteiger partial charge is 0.377 e. The van der Waals surface area contributed by atoms with Crippen molar-refractivity contribution in [1.82, 2.24) is 5.32 Å². The minimum atomic E-state index is -3.17. The summed E-state index contributed by atoms with van der Waals surface area (Å²) in [5.74, 6) is 0.160. The molecule has 0 aromatic heterocycles. The summed E-state index contributed by atoms with van der Waals surface area (Å²) in [7, 11) is -3.17. The number of hydrogen-bond acceptors (Lipinski definition) is 4. The molecule has 0 spiro atoms. The van der Waals surface area contributed by atoms with Gasteiger partial charge < -0.3 is 10.1 Å². The molecule has 1 aromatic carbocycles. The van der Waals surface area contributed by atoms with Crippen LogP contribution in [0.15, 0.2) is 24.3 Å². The fourth-order valence-electron chi connectivity index (χ4n) is 3.51. The Morgan fingerprint density at radius 1 is 1.33 bits per heavy atom. The van der Waals surface area contributed by atoms with E-state index in [2.05, 4.69) is 5.32 Å². The van der Waals surface area contributed by atoms with Gasteiger partial charge in [0.05, 0.1) is 17.1 Å². The molecule has 0 amide bonds. The fourth-order valence-corrected chi connectivity index (χ4v) is 5.63. The van der Waals surface area contributed by atoms with Gasteiger partial charge in [-0.25, -0.2) is 8.42 Å². The maximum absolute atomic E-state index is 12.8. The van der Waals surface area contributed by atoms with Gasteiger partial charge in [-0.05, 0) is 36.9 Å². The molecule has 0 saturated carbocycles. The zero-order valence-electron chi connectivity index (χ0n) is 12.4. The number of nitrogens with one attached hydrogen (secondary N) is 1. The predicted molar refractivity (Wildman–Crippen MR) is 83.1 cm³/mol. The van der Waals surface area contributed by atoms with Crippen molar-refractivity contribution in [2.45, 2.75) is 43.6 Å². The van der Waals surface area contributed by atoms with Crippen LogP contribution in [0.2, 0.25) is 0 Å². The molecule has 1 N–H and O–H groups in total. The first-order valence-corrected chi connectivity index (χ1v) is 9.47. The zero-order chi connectivity index (χ0) is 14.9. The van der Waals surface area contributed by atoms with Crippen LogP contribution in [0.3, 0.4) is 0 Å². The lowest BCUT2D eigenvalue weighted by Gasteiger charge is -2.23. The lowest BCUT2D eigenvalue weighted by Crippen LogP contribution is -2.38. The van der Waals surface area contributed by atoms with E-state index >= 15 is 0 Å². The van der Waals surface area contributed by atoms with E-state index in [-0.39, 0.29) is 23.1 Å². The van der Waals surface area contributed by atoms with E-state index in [1.807, 2.05) is 31.2 Å². The van der Waals surface area contributed by atoms with Crippen molar-refractivity contribution in [3.63, 3.8) is 0 Å². The van der Waals surface area contributed by atoms with Crippen LogP contribution < -0.4 is 5.32 Å². The third-order valence-electron chi connectivity index (χ3n) is 4.51. The van der Waals surface area contributed by atoms with E-state index in [0.29, 0.717) is 13.0 Å². The van der Waals surface area contributed by atoms with E-state index in [1.165, 1.54) is 0 Å². The Labute approximate surface area is 126 Å². The van der Waals surface area contributed by atoms with Crippen molar-refractivity contribution in [3.05, 3.63) is 35.4 Å². The first kappa shape index (κ1) is 15.0. The summed E-state index contributed by atoms with van der Waals surface area (Å²) >= 11 is 0. The number of benzene rings is 1. The van der Waals surface area contributed by atoms with Gasteiger partial charge in [0.2, 0.25) is 0 Å². The zero-order valence-corrected chi connectivity index (χ0v) is 13.2. The molecule has 1 fully saturated rings. The molecule has 0 radical (unpaired) electrons. The van der Waals surface area contributed by atoms with Gasteiger partial charge in [0.25, 0.3) is 0 Å². The lowest BCUT2D eigenvalue weighted by atomic mass is 10.1. The molecule has 1 heterocycles. The third kappa shape index (κ3) is 3.00. The van der Waals surface area contributed by atoms with Gasteiger partial charge >= 0.3 is 0 Å². The van der Waals surface area contributed by atoms with Crippen molar-refractivity contribution in [2.75, 3.05) is 18.9 Å². The molecule has 116 valence electrons. The van der Waals surface area contributed by atoms with Crippen LogP contribution in [0.1, 0.15) is 36.9 Å². The molecule has 1 aliphatic heterocycles. The molecule has 0 bridgehead atoms. The maximum Gasteiger partial charge on any atom is 0.157 e. The summed E-state index contributed by atoms with van der Waals surface area (Å²) in [5, 5.41) is 3.00. The molecule has 1 aliphatic carbocycles. The van der Waals surface area contributed by atoms with Crippen LogP contribution in [-0.4, -0.2) is 38.7 Å². The minimum Gasteiger partial charge on any atom is -0.377 e. The molecule has 3 atom stereocenters. The average Bonchev–Trinajstić information content (AvgIpc) is 3.07. The number of hydrogen-bond donors (Lipinski definition) is 1. The Morgan fingerprint density at radius 2 is 2.14 bits per heavy atom. The molecule has 3 unspecified atom stereocenters. The van der Waals surface area contributed by atoms with Gasteiger partial charge in [-0.15, -0.1) is 0 Å². The number of ether oxygens (including phenoxy) is 1. The topological polar surface area (TPSA) is 55.4 Å². The quantitative estimate of drug-likeness (QED) is 0.902. The Morgan fingerprint density at radius 3 is 2.86 bits per heavy atom. The molecule has 5 heteroatoms. The SMILES string of the molecule is CCNC1c2ccccc2CC1S(=O)(=O)CC1CCCO1. The Kier molecular flexibility index (Phi) is 4.33. The summed E-state index contributed by atoms with van der Waals surface area (Å²) in [4.78, 5) is 0. The van der Waals surface area contributed by atoms with Crippen LogP contribution in [-0.2, 0) is 21.0 Å². The summed E-state index contributed by atoms with van der Waals surface area (Å²) in [6, 6.07) is 7.97. The third-order valence-corrected chi connectivity index (χ3v) is 6.71. The molecule has 2 aliphatic rings. The van der Waals surface area contributed by atoms with E-state index < -0.39 is 9.84 Å². The molecule has 1 saturated heterocycles. The van der Waals surface area contributed by atoms with Crippen molar-refractivity contribution < 1.29 is 13.2 Å². The molecule has 21 heavy (non-hydrogen) atoms. The second kappa shape index (κ2) is 6.07. The van der Waals surface area contributed by atoms with Gasteiger partial charge in [-0.2, -0.15) is 0 Å². The normalized spacial score (nSPS) is 28.7. The fraction of sp³-hybridized carbons (Fsp3) is 0.625. The van der Waals surface area contributed by atoms with Crippen LogP contribution in [0.25, 0.3) is 0 Å². The number of fused-ring (bicyclic) bond motifs is 1. The average molecular weight is 309 g/mol. The van der Waals surface area contributed by atoms with Crippen LogP contribution in [0, 0.1) is 0 Å². The Balaban J connectivity index is 1.83. The first-order chi connectivity index (χ1) is 10.1. The van der Waals surface area contributed by atoms with Crippen LogP contribution in [0.5, 0.6) is 0 Å². The monoisotopic (exact) mass is 309 g/mol. The maximum atomic E-state index is 12.8. The summed E-state index contributed by atoms with van der Waals surface area (Å²) in [6.07, 6.45) is 2.34. The van der Waals surface area contributed by atoms with Gasteiger partial charge in [0.15, 0.2) is 9.84 Å². The van der Waals surface area contributed by atoms with Crippen LogP contribution >= 0.6 is 0 Å². The highest BCUT2D eigenvalue weighted by atomic mass is 32.2. The molecule has 4 nitrogen and oxygen atoms in total. The highest BCUT2D eigenvalue weighted by Gasteiger charge is 2.41. The summed E-state index contributed by atoms with van der Waals surface area (Å²) in [5.41, 5.74) is 2.30. The molecular weight excluding hydrogens is 286 g/mol. The van der Waals surface area contributed by atoms with Gasteiger partial charge in [-0.3, -0.25) is 0 Å². The first-order valence-electron chi connectivity index (χ1n) is 7.76. The molecular formula is C16H23NO3S. The second-order valence-corrected chi connectivity index (χ2v) is 8.21. The van der Waals surface area contributed by atoms with Gasteiger partial charge in [-0.1, -0.05) is 31.2 Å². The van der Waals surface area contributed by atoms with Crippen LogP contribution in [0.4, 0.5) is 0 Å². The lowest BCUT2D eigenvalue weighted by molar-refractivity contribution is 0.127. The van der Waals surface area contributed by atoms with E-state index in [9.17, 15) is 8.42 Å². The molecule has 3 rings (SSSR count). The summed E-state index contributed by atoms with van der Waals surface area (Å²) in [6.45, 7) is 3.48. The van der Waals surface area contributed by atoms with Crippen molar-refractivity contribution >= 4 is 9.84 Å². The Bertz CT molecular complexity index is 593. The van der Waals surface area contributed by atoms with Gasteiger partial charge in [0.1, 0.15) is 0 Å². The van der Waals surface area contributed by atoms with E-state index in [0.717, 1.165) is 30.5 Å². The highest BCUT2D eigenvalue weighted by Crippen LogP contribution is 2.36. The highest BCUT2D eigenvalue weighted by molar-refractivity contribution is 7.92. The molecule has 1 aromatic rings. The van der Waals surface area contributed by atoms with Crippen molar-refractivity contribution in [1.29, 1.82) is 0 Å². The standard InChI is InChI=1S/C16H23NO3S/c1-2-17-16-14-8-4-3-6-12(14)10-15(16)21(18,19)11-13-7-5-9-20-13/h3-4,6,8,13,15-17H,2,5,7,9-11H2,1H3. The van der Waals surface area contributed by atoms with Crippen molar-refractivity contribution in [2.24, 2.45) is 0 Å². The second-order valence-electron chi connectivity index (χ2n) is 5.94. The van der Waals surface area contributed by atoms with E-state index in [4.69, 9.17) is 4.74 Å². The minimum absolute atomic E-state index is 0.0856. The Hall–Kier alpha value is -0.910. The van der Waals surface area contributed by atoms with Crippen molar-refractivity contribution in [3.8, 4) is 0 Å².